The Morgan fingerprint density at radius 1 is 1.09 bits per heavy atom. The SMILES string of the molecule is C=C1C=CC(/C(C(=C)c2ccccc2)=C2\C=CC=CN2N)=NN1. The van der Waals surface area contributed by atoms with Gasteiger partial charge in [-0.25, -0.2) is 5.84 Å². The van der Waals surface area contributed by atoms with Crippen LogP contribution in [0.2, 0.25) is 0 Å². The molecule has 0 unspecified atom stereocenters. The van der Waals surface area contributed by atoms with Crippen molar-refractivity contribution in [1.82, 2.24) is 10.4 Å². The first-order valence-electron chi connectivity index (χ1n) is 7.25. The highest BCUT2D eigenvalue weighted by Crippen LogP contribution is 2.29. The number of hydrazone groups is 1. The van der Waals surface area contributed by atoms with E-state index in [0.717, 1.165) is 33.8 Å². The number of benzene rings is 1. The van der Waals surface area contributed by atoms with E-state index in [-0.39, 0.29) is 0 Å². The molecule has 2 aliphatic rings. The fraction of sp³-hybridized carbons (Fsp3) is 0. The molecule has 0 radical (unpaired) electrons. The summed E-state index contributed by atoms with van der Waals surface area (Å²) in [4.78, 5) is 0. The van der Waals surface area contributed by atoms with Gasteiger partial charge in [0.25, 0.3) is 0 Å². The van der Waals surface area contributed by atoms with E-state index < -0.39 is 0 Å². The van der Waals surface area contributed by atoms with Crippen molar-refractivity contribution in [1.29, 1.82) is 0 Å². The number of nitrogens with two attached hydrogens (primary N) is 1. The molecule has 1 aromatic carbocycles. The van der Waals surface area contributed by atoms with Gasteiger partial charge in [-0.05, 0) is 35.4 Å². The molecule has 0 amide bonds. The molecule has 3 N–H and O–H groups in total. The summed E-state index contributed by atoms with van der Waals surface area (Å²) in [5, 5.41) is 5.96. The van der Waals surface area contributed by atoms with Crippen LogP contribution < -0.4 is 11.3 Å². The molecule has 0 fully saturated rings. The molecule has 114 valence electrons. The second kappa shape index (κ2) is 6.34. The van der Waals surface area contributed by atoms with Crippen molar-refractivity contribution in [2.75, 3.05) is 0 Å². The zero-order chi connectivity index (χ0) is 16.2. The highest BCUT2D eigenvalue weighted by molar-refractivity contribution is 6.19. The summed E-state index contributed by atoms with van der Waals surface area (Å²) in [7, 11) is 0. The molecule has 0 bridgehead atoms. The third kappa shape index (κ3) is 3.07. The smallest absolute Gasteiger partial charge is 0.0934 e. The van der Waals surface area contributed by atoms with Crippen LogP contribution in [0, 0.1) is 0 Å². The van der Waals surface area contributed by atoms with Crippen LogP contribution in [0.5, 0.6) is 0 Å². The van der Waals surface area contributed by atoms with E-state index in [1.807, 2.05) is 60.7 Å². The largest absolute Gasteiger partial charge is 0.286 e. The van der Waals surface area contributed by atoms with Crippen LogP contribution in [0.4, 0.5) is 0 Å². The Labute approximate surface area is 136 Å². The van der Waals surface area contributed by atoms with E-state index >= 15 is 0 Å². The fourth-order valence-electron chi connectivity index (χ4n) is 2.42. The lowest BCUT2D eigenvalue weighted by Gasteiger charge is -2.24. The Hall–Kier alpha value is -3.11. The third-order valence-corrected chi connectivity index (χ3v) is 3.59. The van der Waals surface area contributed by atoms with Gasteiger partial charge in [0.1, 0.15) is 0 Å². The number of allylic oxidation sites excluding steroid dienone is 7. The molecule has 3 rings (SSSR count). The zero-order valence-electron chi connectivity index (χ0n) is 12.7. The maximum atomic E-state index is 6.11. The Balaban J connectivity index is 2.12. The van der Waals surface area contributed by atoms with Crippen molar-refractivity contribution < 1.29 is 0 Å². The number of rotatable bonds is 3. The van der Waals surface area contributed by atoms with Crippen molar-refractivity contribution in [2.45, 2.75) is 0 Å². The number of hydrogen-bond donors (Lipinski definition) is 2. The molecule has 0 atom stereocenters. The average molecular weight is 302 g/mol. The Morgan fingerprint density at radius 3 is 2.52 bits per heavy atom. The van der Waals surface area contributed by atoms with Crippen molar-refractivity contribution in [3.05, 3.63) is 103 Å². The predicted molar refractivity (Wildman–Crippen MR) is 95.7 cm³/mol. The molecule has 0 aliphatic carbocycles. The summed E-state index contributed by atoms with van der Waals surface area (Å²) >= 11 is 0. The maximum absolute atomic E-state index is 6.11. The van der Waals surface area contributed by atoms with E-state index in [1.165, 1.54) is 0 Å². The summed E-state index contributed by atoms with van der Waals surface area (Å²) < 4.78 is 0. The molecular formula is C19H18N4. The summed E-state index contributed by atoms with van der Waals surface area (Å²) in [5.41, 5.74) is 7.99. The second-order valence-corrected chi connectivity index (χ2v) is 5.18. The van der Waals surface area contributed by atoms with Gasteiger partial charge in [0.15, 0.2) is 0 Å². The summed E-state index contributed by atoms with van der Waals surface area (Å²) in [6.45, 7) is 8.10. The third-order valence-electron chi connectivity index (χ3n) is 3.59. The minimum Gasteiger partial charge on any atom is -0.286 e. The monoisotopic (exact) mass is 302 g/mol. The van der Waals surface area contributed by atoms with Gasteiger partial charge in [0.05, 0.1) is 11.4 Å². The molecular weight excluding hydrogens is 284 g/mol. The first-order chi connectivity index (χ1) is 11.2. The molecule has 0 saturated carbocycles. The Kier molecular flexibility index (Phi) is 4.08. The number of nitrogens with zero attached hydrogens (tertiary/aromatic N) is 2. The van der Waals surface area contributed by atoms with E-state index in [0.29, 0.717) is 0 Å². The normalized spacial score (nSPS) is 18.6. The van der Waals surface area contributed by atoms with Gasteiger partial charge in [0, 0.05) is 17.5 Å². The van der Waals surface area contributed by atoms with Crippen LogP contribution in [-0.2, 0) is 0 Å². The molecule has 4 nitrogen and oxygen atoms in total. The van der Waals surface area contributed by atoms with E-state index in [1.54, 1.807) is 11.2 Å². The molecule has 0 spiro atoms. The van der Waals surface area contributed by atoms with Crippen molar-refractivity contribution >= 4 is 11.3 Å². The molecule has 2 aliphatic heterocycles. The van der Waals surface area contributed by atoms with Crippen LogP contribution >= 0.6 is 0 Å². The lowest BCUT2D eigenvalue weighted by atomic mass is 9.92. The molecule has 0 aromatic heterocycles. The van der Waals surface area contributed by atoms with E-state index in [4.69, 9.17) is 5.84 Å². The van der Waals surface area contributed by atoms with Crippen LogP contribution in [0.1, 0.15) is 5.56 Å². The van der Waals surface area contributed by atoms with Crippen molar-refractivity contribution in [2.24, 2.45) is 10.9 Å². The van der Waals surface area contributed by atoms with Gasteiger partial charge in [-0.2, -0.15) is 5.10 Å². The van der Waals surface area contributed by atoms with Gasteiger partial charge >= 0.3 is 0 Å². The van der Waals surface area contributed by atoms with Gasteiger partial charge in [-0.3, -0.25) is 10.4 Å². The second-order valence-electron chi connectivity index (χ2n) is 5.18. The first kappa shape index (κ1) is 14.8. The minimum absolute atomic E-state index is 0.743. The Bertz CT molecular complexity index is 792. The van der Waals surface area contributed by atoms with Gasteiger partial charge < -0.3 is 0 Å². The van der Waals surface area contributed by atoms with Crippen molar-refractivity contribution in [3.63, 3.8) is 0 Å². The fourth-order valence-corrected chi connectivity index (χ4v) is 2.42. The van der Waals surface area contributed by atoms with Gasteiger partial charge in [0.2, 0.25) is 0 Å². The number of hydrazine groups is 1. The summed E-state index contributed by atoms with van der Waals surface area (Å²) in [5.74, 6) is 6.11. The summed E-state index contributed by atoms with van der Waals surface area (Å²) in [6, 6.07) is 9.99. The topological polar surface area (TPSA) is 53.6 Å². The van der Waals surface area contributed by atoms with E-state index in [9.17, 15) is 0 Å². The quantitative estimate of drug-likeness (QED) is 0.843. The van der Waals surface area contributed by atoms with Gasteiger partial charge in [-0.1, -0.05) is 49.6 Å². The van der Waals surface area contributed by atoms with Crippen molar-refractivity contribution in [3.8, 4) is 0 Å². The maximum Gasteiger partial charge on any atom is 0.0934 e. The van der Waals surface area contributed by atoms with Crippen LogP contribution in [0.25, 0.3) is 5.57 Å². The van der Waals surface area contributed by atoms with Crippen LogP contribution in [-0.4, -0.2) is 10.7 Å². The Morgan fingerprint density at radius 2 is 1.87 bits per heavy atom. The summed E-state index contributed by atoms with van der Waals surface area (Å²) in [6.07, 6.45) is 11.4. The molecule has 1 aromatic rings. The molecule has 2 heterocycles. The lowest BCUT2D eigenvalue weighted by molar-refractivity contribution is 0.503. The predicted octanol–water partition coefficient (Wildman–Crippen LogP) is 3.24. The number of nitrogens with one attached hydrogen (secondary N) is 1. The minimum atomic E-state index is 0.743. The standard InChI is InChI=1S/C19H18N4/c1-14-11-12-17(22-21-14)19(18-10-6-7-13-23(18)20)15(2)16-8-4-3-5-9-16/h3-13,21H,1-2,20H2/b19-18+. The van der Waals surface area contributed by atoms with E-state index in [2.05, 4.69) is 23.7 Å². The number of hydrogen-bond acceptors (Lipinski definition) is 4. The van der Waals surface area contributed by atoms with Crippen LogP contribution in [0.3, 0.4) is 0 Å². The highest BCUT2D eigenvalue weighted by Gasteiger charge is 2.19. The van der Waals surface area contributed by atoms with Gasteiger partial charge in [-0.15, -0.1) is 0 Å². The molecule has 23 heavy (non-hydrogen) atoms. The highest BCUT2D eigenvalue weighted by atomic mass is 15.4. The first-order valence-corrected chi connectivity index (χ1v) is 7.25. The molecule has 0 saturated heterocycles. The molecule has 4 heteroatoms. The zero-order valence-corrected chi connectivity index (χ0v) is 12.7. The average Bonchev–Trinajstić information content (AvgIpc) is 2.59. The lowest BCUT2D eigenvalue weighted by Crippen LogP contribution is -2.28. The van der Waals surface area contributed by atoms with Crippen LogP contribution in [0.15, 0.2) is 102 Å².